The monoisotopic (exact) mass is 304 g/mol. The van der Waals surface area contributed by atoms with Crippen LogP contribution >= 0.6 is 11.6 Å². The van der Waals surface area contributed by atoms with Gasteiger partial charge in [-0.3, -0.25) is 9.78 Å². The minimum Gasteiger partial charge on any atom is -0.454 e. The van der Waals surface area contributed by atoms with Crippen LogP contribution < -0.4 is 14.8 Å². The van der Waals surface area contributed by atoms with Gasteiger partial charge in [-0.2, -0.15) is 0 Å². The second-order valence-electron chi connectivity index (χ2n) is 4.64. The molecule has 0 spiro atoms. The van der Waals surface area contributed by atoms with Gasteiger partial charge < -0.3 is 14.8 Å². The minimum absolute atomic E-state index is 0.116. The van der Waals surface area contributed by atoms with E-state index < -0.39 is 0 Å². The number of amides is 1. The van der Waals surface area contributed by atoms with E-state index in [9.17, 15) is 4.79 Å². The van der Waals surface area contributed by atoms with E-state index in [1.807, 2.05) is 25.1 Å². The number of halogens is 1. The Balaban J connectivity index is 1.78. The van der Waals surface area contributed by atoms with E-state index in [2.05, 4.69) is 10.3 Å². The molecule has 1 aromatic carbocycles. The molecule has 2 heterocycles. The summed E-state index contributed by atoms with van der Waals surface area (Å²) in [5, 5.41) is 3.24. The van der Waals surface area contributed by atoms with Crippen molar-refractivity contribution in [1.82, 2.24) is 10.3 Å². The molecule has 1 unspecified atom stereocenters. The molecule has 1 aromatic heterocycles. The second-order valence-corrected chi connectivity index (χ2v) is 5.05. The quantitative estimate of drug-likeness (QED) is 0.947. The molecule has 0 bridgehead atoms. The number of nitrogens with one attached hydrogen (secondary N) is 1. The summed E-state index contributed by atoms with van der Waals surface area (Å²) in [4.78, 5) is 16.5. The molecular formula is C15H13ClN2O3. The van der Waals surface area contributed by atoms with Crippen molar-refractivity contribution in [2.75, 3.05) is 6.79 Å². The average Bonchev–Trinajstić information content (AvgIpc) is 2.97. The fourth-order valence-corrected chi connectivity index (χ4v) is 2.35. The highest BCUT2D eigenvalue weighted by atomic mass is 35.5. The van der Waals surface area contributed by atoms with Crippen molar-refractivity contribution < 1.29 is 14.3 Å². The van der Waals surface area contributed by atoms with E-state index in [1.54, 1.807) is 18.3 Å². The average molecular weight is 305 g/mol. The zero-order chi connectivity index (χ0) is 14.8. The van der Waals surface area contributed by atoms with E-state index in [0.29, 0.717) is 22.1 Å². The lowest BCUT2D eigenvalue weighted by Gasteiger charge is -2.13. The van der Waals surface area contributed by atoms with Gasteiger partial charge in [0, 0.05) is 11.8 Å². The molecule has 0 fully saturated rings. The highest BCUT2D eigenvalue weighted by molar-refractivity contribution is 6.32. The molecule has 1 aliphatic heterocycles. The van der Waals surface area contributed by atoms with Crippen LogP contribution in [0.5, 0.6) is 11.5 Å². The maximum absolute atomic E-state index is 12.3. The lowest BCUT2D eigenvalue weighted by molar-refractivity contribution is 0.0938. The standard InChI is InChI=1S/C15H13ClN2O3/c1-9(12-4-2-3-5-17-12)18-15(19)10-6-11(16)14-13(7-10)20-8-21-14/h2-7,9H,8H2,1H3,(H,18,19). The van der Waals surface area contributed by atoms with E-state index in [-0.39, 0.29) is 18.7 Å². The van der Waals surface area contributed by atoms with E-state index >= 15 is 0 Å². The van der Waals surface area contributed by atoms with Gasteiger partial charge in [-0.1, -0.05) is 17.7 Å². The van der Waals surface area contributed by atoms with Crippen LogP contribution in [0.15, 0.2) is 36.5 Å². The fourth-order valence-electron chi connectivity index (χ4n) is 2.08. The lowest BCUT2D eigenvalue weighted by Crippen LogP contribution is -2.27. The lowest BCUT2D eigenvalue weighted by atomic mass is 10.1. The third kappa shape index (κ3) is 2.78. The summed E-state index contributed by atoms with van der Waals surface area (Å²) in [6.07, 6.45) is 1.69. The van der Waals surface area contributed by atoms with Gasteiger partial charge in [0.1, 0.15) is 0 Å². The van der Waals surface area contributed by atoms with Crippen LogP contribution in [0.2, 0.25) is 5.02 Å². The Morgan fingerprint density at radius 2 is 2.24 bits per heavy atom. The van der Waals surface area contributed by atoms with E-state index in [1.165, 1.54) is 0 Å². The number of hydrogen-bond acceptors (Lipinski definition) is 4. The first-order valence-electron chi connectivity index (χ1n) is 6.46. The molecule has 0 aliphatic carbocycles. The number of fused-ring (bicyclic) bond motifs is 1. The van der Waals surface area contributed by atoms with Crippen molar-refractivity contribution in [3.8, 4) is 11.5 Å². The Morgan fingerprint density at radius 3 is 3.00 bits per heavy atom. The highest BCUT2D eigenvalue weighted by Crippen LogP contribution is 2.39. The van der Waals surface area contributed by atoms with Crippen LogP contribution in [0.4, 0.5) is 0 Å². The number of carbonyl (C=O) groups excluding carboxylic acids is 1. The molecule has 108 valence electrons. The molecule has 1 atom stereocenters. The molecule has 3 rings (SSSR count). The van der Waals surface area contributed by atoms with E-state index in [0.717, 1.165) is 5.69 Å². The van der Waals surface area contributed by atoms with Gasteiger partial charge in [0.25, 0.3) is 5.91 Å². The predicted molar refractivity (Wildman–Crippen MR) is 77.7 cm³/mol. The van der Waals surface area contributed by atoms with Crippen molar-refractivity contribution in [1.29, 1.82) is 0 Å². The van der Waals surface area contributed by atoms with Gasteiger partial charge in [-0.25, -0.2) is 0 Å². The molecule has 2 aromatic rings. The van der Waals surface area contributed by atoms with Gasteiger partial charge in [-0.15, -0.1) is 0 Å². The smallest absolute Gasteiger partial charge is 0.251 e. The number of aromatic nitrogens is 1. The number of ether oxygens (including phenoxy) is 2. The first-order chi connectivity index (χ1) is 10.1. The van der Waals surface area contributed by atoms with Gasteiger partial charge >= 0.3 is 0 Å². The zero-order valence-corrected chi connectivity index (χ0v) is 12.1. The number of rotatable bonds is 3. The third-order valence-corrected chi connectivity index (χ3v) is 3.45. The summed E-state index contributed by atoms with van der Waals surface area (Å²) < 4.78 is 10.5. The molecule has 0 saturated carbocycles. The summed E-state index contributed by atoms with van der Waals surface area (Å²) in [6, 6.07) is 8.54. The van der Waals surface area contributed by atoms with Crippen molar-refractivity contribution >= 4 is 17.5 Å². The number of hydrogen-bond donors (Lipinski definition) is 1. The second kappa shape index (κ2) is 5.61. The predicted octanol–water partition coefficient (Wildman–Crippen LogP) is 2.95. The molecule has 0 saturated heterocycles. The first-order valence-corrected chi connectivity index (χ1v) is 6.84. The normalized spacial score (nSPS) is 13.8. The Hall–Kier alpha value is -2.27. The minimum atomic E-state index is -0.242. The van der Waals surface area contributed by atoms with Gasteiger partial charge in [0.2, 0.25) is 6.79 Å². The maximum Gasteiger partial charge on any atom is 0.251 e. The topological polar surface area (TPSA) is 60.5 Å². The number of benzene rings is 1. The first kappa shape index (κ1) is 13.7. The zero-order valence-electron chi connectivity index (χ0n) is 11.3. The SMILES string of the molecule is CC(NC(=O)c1cc(Cl)c2c(c1)OCO2)c1ccccn1. The van der Waals surface area contributed by atoms with Crippen LogP contribution in [0.3, 0.4) is 0 Å². The van der Waals surface area contributed by atoms with Gasteiger partial charge in [0.05, 0.1) is 16.8 Å². The summed E-state index contributed by atoms with van der Waals surface area (Å²) in [5.74, 6) is 0.720. The van der Waals surface area contributed by atoms with Crippen LogP contribution in [0.1, 0.15) is 29.0 Å². The molecule has 1 aliphatic rings. The van der Waals surface area contributed by atoms with Crippen LogP contribution in [0.25, 0.3) is 0 Å². The van der Waals surface area contributed by atoms with E-state index in [4.69, 9.17) is 21.1 Å². The summed E-state index contributed by atoms with van der Waals surface area (Å²) in [6.45, 7) is 1.99. The molecular weight excluding hydrogens is 292 g/mol. The Bertz CT molecular complexity index is 676. The van der Waals surface area contributed by atoms with Crippen molar-refractivity contribution in [2.45, 2.75) is 13.0 Å². The molecule has 5 nitrogen and oxygen atoms in total. The molecule has 21 heavy (non-hydrogen) atoms. The van der Waals surface area contributed by atoms with Crippen molar-refractivity contribution in [2.24, 2.45) is 0 Å². The van der Waals surface area contributed by atoms with Crippen LogP contribution in [-0.2, 0) is 0 Å². The number of nitrogens with zero attached hydrogens (tertiary/aromatic N) is 1. The molecule has 1 amide bonds. The molecule has 0 radical (unpaired) electrons. The largest absolute Gasteiger partial charge is 0.454 e. The van der Waals surface area contributed by atoms with Crippen molar-refractivity contribution in [3.05, 3.63) is 52.8 Å². The Labute approximate surface area is 126 Å². The summed E-state index contributed by atoms with van der Waals surface area (Å²) in [7, 11) is 0. The van der Waals surface area contributed by atoms with Crippen LogP contribution in [0, 0.1) is 0 Å². The number of carbonyl (C=O) groups is 1. The number of pyridine rings is 1. The van der Waals surface area contributed by atoms with Crippen molar-refractivity contribution in [3.63, 3.8) is 0 Å². The van der Waals surface area contributed by atoms with Gasteiger partial charge in [-0.05, 0) is 31.2 Å². The summed E-state index contributed by atoms with van der Waals surface area (Å²) >= 11 is 6.08. The highest BCUT2D eigenvalue weighted by Gasteiger charge is 2.21. The molecule has 6 heteroatoms. The molecule has 1 N–H and O–H groups in total. The fraction of sp³-hybridized carbons (Fsp3) is 0.200. The third-order valence-electron chi connectivity index (χ3n) is 3.17. The maximum atomic E-state index is 12.3. The van der Waals surface area contributed by atoms with Gasteiger partial charge in [0.15, 0.2) is 11.5 Å². The van der Waals surface area contributed by atoms with Crippen LogP contribution in [-0.4, -0.2) is 17.7 Å². The Kier molecular flexibility index (Phi) is 3.66. The summed E-state index contributed by atoms with van der Waals surface area (Å²) in [5.41, 5.74) is 1.21. The Morgan fingerprint density at radius 1 is 1.38 bits per heavy atom.